The van der Waals surface area contributed by atoms with Crippen LogP contribution in [0.1, 0.15) is 20.3 Å². The molecule has 1 aromatic rings. The van der Waals surface area contributed by atoms with Gasteiger partial charge in [-0.2, -0.15) is 0 Å². The van der Waals surface area contributed by atoms with Crippen LogP contribution in [0, 0.1) is 0 Å². The molecule has 106 valence electrons. The maximum absolute atomic E-state index is 10.7. The molecule has 0 aliphatic rings. The highest BCUT2D eigenvalue weighted by Gasteiger charge is 2.07. The largest absolute Gasteiger partial charge is 0.491 e. The number of hydrogen-bond donors (Lipinski definition) is 2. The average Bonchev–Trinajstić information content (AvgIpc) is 2.38. The number of amides is 1. The Balaban J connectivity index is 2.54. The lowest BCUT2D eigenvalue weighted by Crippen LogP contribution is -2.22. The lowest BCUT2D eigenvalue weighted by molar-refractivity contribution is -0.118. The normalized spacial score (nSPS) is 11.9. The SMILES string of the molecule is CCOCC(C)Nc1ccccc1OCCC(N)=O. The summed E-state index contributed by atoms with van der Waals surface area (Å²) < 4.78 is 10.9. The Morgan fingerprint density at radius 2 is 2.16 bits per heavy atom. The number of carbonyl (C=O) groups excluding carboxylic acids is 1. The Labute approximate surface area is 114 Å². The minimum atomic E-state index is -0.366. The van der Waals surface area contributed by atoms with Crippen LogP contribution in [0.4, 0.5) is 5.69 Å². The molecule has 1 atom stereocenters. The van der Waals surface area contributed by atoms with Crippen LogP contribution in [-0.2, 0) is 9.53 Å². The van der Waals surface area contributed by atoms with Gasteiger partial charge in [0.25, 0.3) is 0 Å². The molecule has 0 fully saturated rings. The Morgan fingerprint density at radius 3 is 2.84 bits per heavy atom. The smallest absolute Gasteiger partial charge is 0.220 e. The van der Waals surface area contributed by atoms with Gasteiger partial charge in [-0.25, -0.2) is 0 Å². The van der Waals surface area contributed by atoms with Crippen molar-refractivity contribution in [3.8, 4) is 5.75 Å². The molecule has 19 heavy (non-hydrogen) atoms. The zero-order chi connectivity index (χ0) is 14.1. The fraction of sp³-hybridized carbons (Fsp3) is 0.500. The van der Waals surface area contributed by atoms with Gasteiger partial charge >= 0.3 is 0 Å². The number of ether oxygens (including phenoxy) is 2. The standard InChI is InChI=1S/C14H22N2O3/c1-3-18-10-11(2)16-12-6-4-5-7-13(12)19-9-8-14(15)17/h4-7,11,16H,3,8-10H2,1-2H3,(H2,15,17). The molecule has 1 rings (SSSR count). The second-order valence-electron chi connectivity index (χ2n) is 4.27. The van der Waals surface area contributed by atoms with Crippen molar-refractivity contribution in [1.82, 2.24) is 0 Å². The van der Waals surface area contributed by atoms with Crippen molar-refractivity contribution in [3.05, 3.63) is 24.3 Å². The van der Waals surface area contributed by atoms with Crippen LogP contribution in [0.15, 0.2) is 24.3 Å². The third kappa shape index (κ3) is 6.10. The molecular weight excluding hydrogens is 244 g/mol. The second kappa shape index (κ2) is 8.37. The van der Waals surface area contributed by atoms with Gasteiger partial charge in [-0.15, -0.1) is 0 Å². The molecule has 1 unspecified atom stereocenters. The van der Waals surface area contributed by atoms with E-state index < -0.39 is 0 Å². The molecule has 5 nitrogen and oxygen atoms in total. The minimum absolute atomic E-state index is 0.181. The summed E-state index contributed by atoms with van der Waals surface area (Å²) in [7, 11) is 0. The third-order valence-corrected chi connectivity index (χ3v) is 2.47. The fourth-order valence-corrected chi connectivity index (χ4v) is 1.58. The van der Waals surface area contributed by atoms with Gasteiger partial charge < -0.3 is 20.5 Å². The zero-order valence-electron chi connectivity index (χ0n) is 11.5. The topological polar surface area (TPSA) is 73.6 Å². The average molecular weight is 266 g/mol. The second-order valence-corrected chi connectivity index (χ2v) is 4.27. The molecular formula is C14H22N2O3. The van der Waals surface area contributed by atoms with E-state index in [1.165, 1.54) is 0 Å². The number of rotatable bonds is 9. The maximum atomic E-state index is 10.7. The van der Waals surface area contributed by atoms with Gasteiger partial charge in [0.2, 0.25) is 5.91 Å². The minimum Gasteiger partial charge on any atom is -0.491 e. The number of hydrogen-bond acceptors (Lipinski definition) is 4. The van der Waals surface area contributed by atoms with Crippen molar-refractivity contribution in [1.29, 1.82) is 0 Å². The van der Waals surface area contributed by atoms with Gasteiger partial charge in [0.05, 0.1) is 25.3 Å². The van der Waals surface area contributed by atoms with E-state index >= 15 is 0 Å². The van der Waals surface area contributed by atoms with Crippen LogP contribution in [0.25, 0.3) is 0 Å². The van der Waals surface area contributed by atoms with Gasteiger partial charge in [0.15, 0.2) is 0 Å². The van der Waals surface area contributed by atoms with Crippen molar-refractivity contribution < 1.29 is 14.3 Å². The van der Waals surface area contributed by atoms with E-state index in [0.29, 0.717) is 19.0 Å². The molecule has 0 aliphatic carbocycles. The van der Waals surface area contributed by atoms with E-state index in [9.17, 15) is 4.79 Å². The van der Waals surface area contributed by atoms with Crippen LogP contribution in [0.5, 0.6) is 5.75 Å². The van der Waals surface area contributed by atoms with Crippen molar-refractivity contribution in [3.63, 3.8) is 0 Å². The summed E-state index contributed by atoms with van der Waals surface area (Å²) in [5.41, 5.74) is 5.97. The zero-order valence-corrected chi connectivity index (χ0v) is 11.5. The Kier molecular flexibility index (Phi) is 6.74. The molecule has 0 aromatic heterocycles. The lowest BCUT2D eigenvalue weighted by Gasteiger charge is -2.18. The molecule has 0 aliphatic heterocycles. The summed E-state index contributed by atoms with van der Waals surface area (Å²) in [4.78, 5) is 10.7. The highest BCUT2D eigenvalue weighted by molar-refractivity contribution is 5.73. The quantitative estimate of drug-likeness (QED) is 0.714. The van der Waals surface area contributed by atoms with Gasteiger partial charge in [-0.05, 0) is 26.0 Å². The van der Waals surface area contributed by atoms with Crippen molar-refractivity contribution in [2.45, 2.75) is 26.3 Å². The number of para-hydroxylation sites is 2. The van der Waals surface area contributed by atoms with Crippen molar-refractivity contribution in [2.75, 3.05) is 25.1 Å². The first-order valence-corrected chi connectivity index (χ1v) is 6.48. The van der Waals surface area contributed by atoms with Crippen molar-refractivity contribution >= 4 is 11.6 Å². The molecule has 0 spiro atoms. The summed E-state index contributed by atoms with van der Waals surface area (Å²) in [5.74, 6) is 0.349. The van der Waals surface area contributed by atoms with Crippen LogP contribution < -0.4 is 15.8 Å². The molecule has 0 radical (unpaired) electrons. The molecule has 3 N–H and O–H groups in total. The lowest BCUT2D eigenvalue weighted by atomic mass is 10.2. The monoisotopic (exact) mass is 266 g/mol. The number of benzene rings is 1. The maximum Gasteiger partial charge on any atom is 0.220 e. The van der Waals surface area contributed by atoms with Crippen LogP contribution >= 0.6 is 0 Å². The van der Waals surface area contributed by atoms with Gasteiger partial charge in [-0.1, -0.05) is 12.1 Å². The van der Waals surface area contributed by atoms with Crippen LogP contribution in [-0.4, -0.2) is 31.8 Å². The molecule has 0 saturated heterocycles. The van der Waals surface area contributed by atoms with Gasteiger partial charge in [0.1, 0.15) is 5.75 Å². The van der Waals surface area contributed by atoms with Gasteiger partial charge in [0, 0.05) is 12.6 Å². The molecule has 1 amide bonds. The summed E-state index contributed by atoms with van der Waals surface area (Å²) in [6.07, 6.45) is 0.211. The molecule has 0 bridgehead atoms. The molecule has 1 aromatic carbocycles. The van der Waals surface area contributed by atoms with Crippen LogP contribution in [0.3, 0.4) is 0 Å². The number of primary amides is 1. The van der Waals surface area contributed by atoms with E-state index in [4.69, 9.17) is 15.2 Å². The first kappa shape index (κ1) is 15.3. The van der Waals surface area contributed by atoms with Crippen LogP contribution in [0.2, 0.25) is 0 Å². The van der Waals surface area contributed by atoms with E-state index in [1.54, 1.807) is 0 Å². The highest BCUT2D eigenvalue weighted by atomic mass is 16.5. The third-order valence-electron chi connectivity index (χ3n) is 2.47. The summed E-state index contributed by atoms with van der Waals surface area (Å²) in [5, 5.41) is 3.32. The van der Waals surface area contributed by atoms with Crippen molar-refractivity contribution in [2.24, 2.45) is 5.73 Å². The Hall–Kier alpha value is -1.75. The van der Waals surface area contributed by atoms with E-state index in [0.717, 1.165) is 5.69 Å². The molecule has 0 saturated carbocycles. The van der Waals surface area contributed by atoms with Gasteiger partial charge in [-0.3, -0.25) is 4.79 Å². The number of carbonyl (C=O) groups is 1. The fourth-order valence-electron chi connectivity index (χ4n) is 1.58. The first-order chi connectivity index (χ1) is 9.13. The molecule has 0 heterocycles. The predicted octanol–water partition coefficient (Wildman–Crippen LogP) is 1.78. The summed E-state index contributed by atoms with van der Waals surface area (Å²) >= 11 is 0. The number of nitrogens with one attached hydrogen (secondary N) is 1. The van der Waals surface area contributed by atoms with E-state index in [-0.39, 0.29) is 25.0 Å². The summed E-state index contributed by atoms with van der Waals surface area (Å²) in [6, 6.07) is 7.79. The molecule has 5 heteroatoms. The Bertz CT molecular complexity index is 396. The number of nitrogens with two attached hydrogens (primary N) is 1. The highest BCUT2D eigenvalue weighted by Crippen LogP contribution is 2.24. The van der Waals surface area contributed by atoms with E-state index in [1.807, 2.05) is 38.1 Å². The predicted molar refractivity (Wildman–Crippen MR) is 75.3 cm³/mol. The number of anilines is 1. The Morgan fingerprint density at radius 1 is 1.42 bits per heavy atom. The summed E-state index contributed by atoms with van der Waals surface area (Å²) in [6.45, 7) is 5.62. The first-order valence-electron chi connectivity index (χ1n) is 6.48. The van der Waals surface area contributed by atoms with E-state index in [2.05, 4.69) is 5.32 Å².